The number of carbonyl (C=O) groups is 1. The standard InChI is InChI=1S/C12H23N3O/c1-9(12(16)14-11-4-5-11)15-6-2-3-10(7-13)8-15/h9-11H,2-8,13H2,1H3,(H,14,16). The van der Waals surface area contributed by atoms with Gasteiger partial charge in [-0.15, -0.1) is 0 Å². The van der Waals surface area contributed by atoms with Gasteiger partial charge in [0.05, 0.1) is 6.04 Å². The quantitative estimate of drug-likeness (QED) is 0.724. The van der Waals surface area contributed by atoms with E-state index in [1.807, 2.05) is 6.92 Å². The average molecular weight is 225 g/mol. The summed E-state index contributed by atoms with van der Waals surface area (Å²) in [5.41, 5.74) is 5.71. The van der Waals surface area contributed by atoms with Crippen LogP contribution in [0, 0.1) is 5.92 Å². The van der Waals surface area contributed by atoms with Crippen LogP contribution in [0.4, 0.5) is 0 Å². The normalized spacial score (nSPS) is 28.8. The number of nitrogens with two attached hydrogens (primary N) is 1. The van der Waals surface area contributed by atoms with Crippen molar-refractivity contribution >= 4 is 5.91 Å². The summed E-state index contributed by atoms with van der Waals surface area (Å²) in [6.07, 6.45) is 4.70. The molecule has 0 spiro atoms. The second-order valence-corrected chi connectivity index (χ2v) is 5.20. The van der Waals surface area contributed by atoms with E-state index >= 15 is 0 Å². The highest BCUT2D eigenvalue weighted by Crippen LogP contribution is 2.21. The highest BCUT2D eigenvalue weighted by molar-refractivity contribution is 5.81. The lowest BCUT2D eigenvalue weighted by Crippen LogP contribution is -2.50. The van der Waals surface area contributed by atoms with E-state index in [0.717, 1.165) is 32.5 Å². The summed E-state index contributed by atoms with van der Waals surface area (Å²) in [5.74, 6) is 0.769. The number of nitrogens with one attached hydrogen (secondary N) is 1. The van der Waals surface area contributed by atoms with Crippen molar-refractivity contribution in [1.29, 1.82) is 0 Å². The summed E-state index contributed by atoms with van der Waals surface area (Å²) in [4.78, 5) is 14.2. The Morgan fingerprint density at radius 1 is 1.50 bits per heavy atom. The molecule has 1 amide bonds. The first-order valence-corrected chi connectivity index (χ1v) is 6.45. The molecule has 92 valence electrons. The second-order valence-electron chi connectivity index (χ2n) is 5.20. The molecule has 0 aromatic heterocycles. The molecule has 4 heteroatoms. The minimum atomic E-state index is 0.00921. The monoisotopic (exact) mass is 225 g/mol. The van der Waals surface area contributed by atoms with Crippen LogP contribution >= 0.6 is 0 Å². The van der Waals surface area contributed by atoms with Gasteiger partial charge in [0.2, 0.25) is 5.91 Å². The van der Waals surface area contributed by atoms with E-state index in [2.05, 4.69) is 10.2 Å². The Bertz CT molecular complexity index is 253. The zero-order chi connectivity index (χ0) is 11.5. The van der Waals surface area contributed by atoms with Gasteiger partial charge in [0.25, 0.3) is 0 Å². The molecule has 0 aromatic rings. The fraction of sp³-hybridized carbons (Fsp3) is 0.917. The van der Waals surface area contributed by atoms with Crippen LogP contribution in [0.1, 0.15) is 32.6 Å². The predicted octanol–water partition coefficient (Wildman–Crippen LogP) is 0.324. The lowest BCUT2D eigenvalue weighted by atomic mass is 9.97. The molecule has 3 N–H and O–H groups in total. The highest BCUT2D eigenvalue weighted by atomic mass is 16.2. The van der Waals surface area contributed by atoms with Gasteiger partial charge in [0, 0.05) is 12.6 Å². The molecule has 0 aromatic carbocycles. The van der Waals surface area contributed by atoms with E-state index in [4.69, 9.17) is 5.73 Å². The zero-order valence-corrected chi connectivity index (χ0v) is 10.1. The first kappa shape index (κ1) is 11.9. The smallest absolute Gasteiger partial charge is 0.237 e. The largest absolute Gasteiger partial charge is 0.352 e. The molecule has 4 nitrogen and oxygen atoms in total. The Morgan fingerprint density at radius 2 is 2.25 bits per heavy atom. The average Bonchev–Trinajstić information content (AvgIpc) is 3.12. The summed E-state index contributed by atoms with van der Waals surface area (Å²) < 4.78 is 0. The molecule has 2 unspecified atom stereocenters. The zero-order valence-electron chi connectivity index (χ0n) is 10.1. The van der Waals surface area contributed by atoms with E-state index in [9.17, 15) is 4.79 Å². The Balaban J connectivity index is 1.82. The molecule has 1 aliphatic heterocycles. The highest BCUT2D eigenvalue weighted by Gasteiger charge is 2.30. The SMILES string of the molecule is CC(C(=O)NC1CC1)N1CCCC(CN)C1. The first-order valence-electron chi connectivity index (χ1n) is 6.45. The summed E-state index contributed by atoms with van der Waals surface area (Å²) in [6, 6.07) is 0.472. The van der Waals surface area contributed by atoms with Gasteiger partial charge in [-0.3, -0.25) is 9.69 Å². The van der Waals surface area contributed by atoms with Gasteiger partial charge in [0.15, 0.2) is 0 Å². The third-order valence-corrected chi connectivity index (χ3v) is 3.73. The van der Waals surface area contributed by atoms with Gasteiger partial charge in [-0.2, -0.15) is 0 Å². The van der Waals surface area contributed by atoms with Crippen LogP contribution in [0.2, 0.25) is 0 Å². The molecule has 1 saturated heterocycles. The van der Waals surface area contributed by atoms with E-state index in [1.54, 1.807) is 0 Å². The van der Waals surface area contributed by atoms with E-state index in [0.29, 0.717) is 12.0 Å². The van der Waals surface area contributed by atoms with Gasteiger partial charge >= 0.3 is 0 Å². The summed E-state index contributed by atoms with van der Waals surface area (Å²) in [7, 11) is 0. The Morgan fingerprint density at radius 3 is 2.88 bits per heavy atom. The maximum absolute atomic E-state index is 11.9. The summed E-state index contributed by atoms with van der Waals surface area (Å²) >= 11 is 0. The maximum atomic E-state index is 11.9. The Hall–Kier alpha value is -0.610. The predicted molar refractivity (Wildman–Crippen MR) is 64.0 cm³/mol. The van der Waals surface area contributed by atoms with Crippen molar-refractivity contribution < 1.29 is 4.79 Å². The first-order chi connectivity index (χ1) is 7.70. The minimum Gasteiger partial charge on any atom is -0.352 e. The van der Waals surface area contributed by atoms with Crippen LogP contribution in [0.3, 0.4) is 0 Å². The van der Waals surface area contributed by atoms with Crippen molar-refractivity contribution in [3.63, 3.8) is 0 Å². The molecule has 1 heterocycles. The van der Waals surface area contributed by atoms with Crippen molar-refractivity contribution in [1.82, 2.24) is 10.2 Å². The molecular formula is C12H23N3O. The van der Waals surface area contributed by atoms with Crippen LogP contribution in [0.5, 0.6) is 0 Å². The van der Waals surface area contributed by atoms with Crippen molar-refractivity contribution in [3.8, 4) is 0 Å². The molecule has 2 rings (SSSR count). The lowest BCUT2D eigenvalue weighted by molar-refractivity contribution is -0.126. The molecule has 0 bridgehead atoms. The topological polar surface area (TPSA) is 58.4 Å². The van der Waals surface area contributed by atoms with Gasteiger partial charge in [-0.1, -0.05) is 0 Å². The minimum absolute atomic E-state index is 0.00921. The molecule has 1 saturated carbocycles. The van der Waals surface area contributed by atoms with E-state index < -0.39 is 0 Å². The second kappa shape index (κ2) is 5.15. The van der Waals surface area contributed by atoms with Crippen LogP contribution in [-0.4, -0.2) is 42.5 Å². The van der Waals surface area contributed by atoms with Crippen LogP contribution in [0.25, 0.3) is 0 Å². The van der Waals surface area contributed by atoms with Crippen LogP contribution in [-0.2, 0) is 4.79 Å². The van der Waals surface area contributed by atoms with E-state index in [-0.39, 0.29) is 11.9 Å². The van der Waals surface area contributed by atoms with Gasteiger partial charge in [0.1, 0.15) is 0 Å². The number of likely N-dealkylation sites (tertiary alicyclic amines) is 1. The summed E-state index contributed by atoms with van der Waals surface area (Å²) in [5, 5.41) is 3.07. The molecule has 1 aliphatic carbocycles. The number of hydrogen-bond acceptors (Lipinski definition) is 3. The van der Waals surface area contributed by atoms with Gasteiger partial charge in [-0.25, -0.2) is 0 Å². The molecule has 2 fully saturated rings. The van der Waals surface area contributed by atoms with E-state index in [1.165, 1.54) is 12.8 Å². The fourth-order valence-electron chi connectivity index (χ4n) is 2.36. The Kier molecular flexibility index (Phi) is 3.82. The third-order valence-electron chi connectivity index (χ3n) is 3.73. The number of amides is 1. The maximum Gasteiger partial charge on any atom is 0.237 e. The number of hydrogen-bond donors (Lipinski definition) is 2. The number of rotatable bonds is 4. The number of piperidine rings is 1. The van der Waals surface area contributed by atoms with Gasteiger partial charge in [-0.05, 0) is 51.6 Å². The summed E-state index contributed by atoms with van der Waals surface area (Å²) in [6.45, 7) is 4.77. The molecular weight excluding hydrogens is 202 g/mol. The van der Waals surface area contributed by atoms with Gasteiger partial charge < -0.3 is 11.1 Å². The lowest BCUT2D eigenvalue weighted by Gasteiger charge is -2.35. The number of nitrogens with zero attached hydrogens (tertiary/aromatic N) is 1. The molecule has 2 aliphatic rings. The fourth-order valence-corrected chi connectivity index (χ4v) is 2.36. The molecule has 16 heavy (non-hydrogen) atoms. The van der Waals surface area contributed by atoms with Crippen molar-refractivity contribution in [2.45, 2.75) is 44.7 Å². The van der Waals surface area contributed by atoms with Crippen LogP contribution < -0.4 is 11.1 Å². The third kappa shape index (κ3) is 2.95. The van der Waals surface area contributed by atoms with Crippen molar-refractivity contribution in [2.24, 2.45) is 11.7 Å². The Labute approximate surface area is 97.6 Å². The van der Waals surface area contributed by atoms with Crippen LogP contribution in [0.15, 0.2) is 0 Å². The number of carbonyl (C=O) groups excluding carboxylic acids is 1. The van der Waals surface area contributed by atoms with Crippen molar-refractivity contribution in [3.05, 3.63) is 0 Å². The molecule has 0 radical (unpaired) electrons. The van der Waals surface area contributed by atoms with Crippen molar-refractivity contribution in [2.75, 3.05) is 19.6 Å². The molecule has 2 atom stereocenters.